The van der Waals surface area contributed by atoms with Crippen LogP contribution in [0.4, 0.5) is 4.39 Å². The molecule has 1 saturated heterocycles. The standard InChI is InChI=1S/C8H15FN2O/c1-7(9)2-4-11-5-3-10-8(12)6-11/h7H,2-6H2,1H3,(H,10,12). The molecule has 3 nitrogen and oxygen atoms in total. The van der Waals surface area contributed by atoms with Crippen molar-refractivity contribution in [1.82, 2.24) is 10.2 Å². The van der Waals surface area contributed by atoms with Gasteiger partial charge in [-0.3, -0.25) is 9.69 Å². The minimum Gasteiger partial charge on any atom is -0.354 e. The lowest BCUT2D eigenvalue weighted by molar-refractivity contribution is -0.124. The van der Waals surface area contributed by atoms with Crippen molar-refractivity contribution in [3.63, 3.8) is 0 Å². The molecule has 0 aromatic rings. The number of piperazine rings is 1. The van der Waals surface area contributed by atoms with Crippen molar-refractivity contribution in [3.05, 3.63) is 0 Å². The molecule has 1 fully saturated rings. The molecule has 0 aromatic heterocycles. The summed E-state index contributed by atoms with van der Waals surface area (Å²) in [4.78, 5) is 12.9. The molecule has 4 heteroatoms. The molecule has 1 rings (SSSR count). The summed E-state index contributed by atoms with van der Waals surface area (Å²) in [6, 6.07) is 0. The Morgan fingerprint density at radius 1 is 1.75 bits per heavy atom. The van der Waals surface area contributed by atoms with Crippen molar-refractivity contribution in [2.24, 2.45) is 0 Å². The van der Waals surface area contributed by atoms with Gasteiger partial charge in [-0.1, -0.05) is 0 Å². The van der Waals surface area contributed by atoms with E-state index in [-0.39, 0.29) is 5.91 Å². The molecule has 1 atom stereocenters. The Balaban J connectivity index is 2.18. The summed E-state index contributed by atoms with van der Waals surface area (Å²) in [5.41, 5.74) is 0. The van der Waals surface area contributed by atoms with E-state index in [4.69, 9.17) is 0 Å². The highest BCUT2D eigenvalue weighted by Crippen LogP contribution is 2.00. The predicted molar refractivity (Wildman–Crippen MR) is 44.6 cm³/mol. The summed E-state index contributed by atoms with van der Waals surface area (Å²) in [5.74, 6) is 0.0489. The van der Waals surface area contributed by atoms with Gasteiger partial charge in [-0.2, -0.15) is 0 Å². The normalized spacial score (nSPS) is 22.0. The van der Waals surface area contributed by atoms with Crippen LogP contribution in [0.1, 0.15) is 13.3 Å². The number of hydrogen-bond acceptors (Lipinski definition) is 2. The highest BCUT2D eigenvalue weighted by molar-refractivity contribution is 5.78. The second-order valence-electron chi connectivity index (χ2n) is 3.20. The van der Waals surface area contributed by atoms with E-state index < -0.39 is 6.17 Å². The van der Waals surface area contributed by atoms with Crippen LogP contribution in [0.15, 0.2) is 0 Å². The lowest BCUT2D eigenvalue weighted by Gasteiger charge is -2.26. The first-order valence-electron chi connectivity index (χ1n) is 4.31. The molecular formula is C8H15FN2O. The van der Waals surface area contributed by atoms with Crippen LogP contribution in [0, 0.1) is 0 Å². The quantitative estimate of drug-likeness (QED) is 0.661. The molecule has 1 heterocycles. The molecule has 12 heavy (non-hydrogen) atoms. The fourth-order valence-electron chi connectivity index (χ4n) is 1.24. The molecule has 1 unspecified atom stereocenters. The van der Waals surface area contributed by atoms with Gasteiger partial charge in [0.2, 0.25) is 5.91 Å². The van der Waals surface area contributed by atoms with Crippen molar-refractivity contribution in [3.8, 4) is 0 Å². The minimum atomic E-state index is -0.769. The van der Waals surface area contributed by atoms with E-state index in [0.29, 0.717) is 26.1 Å². The van der Waals surface area contributed by atoms with Gasteiger partial charge in [0.05, 0.1) is 12.7 Å². The first kappa shape index (κ1) is 9.45. The summed E-state index contributed by atoms with van der Waals surface area (Å²) < 4.78 is 12.4. The number of hydrogen-bond donors (Lipinski definition) is 1. The number of halogens is 1. The largest absolute Gasteiger partial charge is 0.354 e. The zero-order chi connectivity index (χ0) is 8.97. The molecule has 1 amide bonds. The maximum absolute atomic E-state index is 12.4. The van der Waals surface area contributed by atoms with Crippen LogP contribution in [-0.4, -0.2) is 43.2 Å². The molecular weight excluding hydrogens is 159 g/mol. The van der Waals surface area contributed by atoms with Gasteiger partial charge in [0.25, 0.3) is 0 Å². The van der Waals surface area contributed by atoms with Crippen LogP contribution in [0.2, 0.25) is 0 Å². The van der Waals surface area contributed by atoms with Crippen molar-refractivity contribution in [2.75, 3.05) is 26.2 Å². The molecule has 1 N–H and O–H groups in total. The first-order chi connectivity index (χ1) is 5.68. The third kappa shape index (κ3) is 3.17. The molecule has 0 aliphatic carbocycles. The molecule has 70 valence electrons. The highest BCUT2D eigenvalue weighted by atomic mass is 19.1. The SMILES string of the molecule is CC(F)CCN1CCNC(=O)C1. The van der Waals surface area contributed by atoms with E-state index in [9.17, 15) is 9.18 Å². The summed E-state index contributed by atoms with van der Waals surface area (Å²) >= 11 is 0. The number of carbonyl (C=O) groups is 1. The Morgan fingerprint density at radius 3 is 3.08 bits per heavy atom. The Kier molecular flexibility index (Phi) is 3.47. The first-order valence-corrected chi connectivity index (χ1v) is 4.31. The van der Waals surface area contributed by atoms with E-state index in [0.717, 1.165) is 6.54 Å². The van der Waals surface area contributed by atoms with Crippen LogP contribution in [0.3, 0.4) is 0 Å². The number of carbonyl (C=O) groups excluding carboxylic acids is 1. The lowest BCUT2D eigenvalue weighted by Crippen LogP contribution is -2.48. The summed E-state index contributed by atoms with van der Waals surface area (Å²) in [7, 11) is 0. The zero-order valence-corrected chi connectivity index (χ0v) is 7.35. The van der Waals surface area contributed by atoms with E-state index in [1.807, 2.05) is 4.90 Å². The number of rotatable bonds is 3. The molecule has 0 spiro atoms. The summed E-state index contributed by atoms with van der Waals surface area (Å²) in [6.07, 6.45) is -0.247. The maximum atomic E-state index is 12.4. The van der Waals surface area contributed by atoms with Gasteiger partial charge in [0.15, 0.2) is 0 Å². The Bertz CT molecular complexity index is 161. The average molecular weight is 174 g/mol. The second-order valence-corrected chi connectivity index (χ2v) is 3.20. The Morgan fingerprint density at radius 2 is 2.50 bits per heavy atom. The second kappa shape index (κ2) is 4.40. The predicted octanol–water partition coefficient (Wildman–Crippen LogP) is 0.166. The number of nitrogens with zero attached hydrogens (tertiary/aromatic N) is 1. The van der Waals surface area contributed by atoms with E-state index in [1.165, 1.54) is 0 Å². The van der Waals surface area contributed by atoms with Gasteiger partial charge in [0, 0.05) is 19.6 Å². The van der Waals surface area contributed by atoms with Crippen molar-refractivity contribution < 1.29 is 9.18 Å². The Hall–Kier alpha value is -0.640. The van der Waals surface area contributed by atoms with Crippen molar-refractivity contribution >= 4 is 5.91 Å². The highest BCUT2D eigenvalue weighted by Gasteiger charge is 2.15. The average Bonchev–Trinajstić information content (AvgIpc) is 2.01. The third-order valence-electron chi connectivity index (χ3n) is 1.96. The van der Waals surface area contributed by atoms with Crippen LogP contribution in [-0.2, 0) is 4.79 Å². The van der Waals surface area contributed by atoms with E-state index in [1.54, 1.807) is 6.92 Å². The molecule has 0 bridgehead atoms. The molecule has 1 aliphatic heterocycles. The van der Waals surface area contributed by atoms with Gasteiger partial charge < -0.3 is 5.32 Å². The van der Waals surface area contributed by atoms with Gasteiger partial charge in [-0.05, 0) is 13.3 Å². The number of alkyl halides is 1. The van der Waals surface area contributed by atoms with Gasteiger partial charge >= 0.3 is 0 Å². The fraction of sp³-hybridized carbons (Fsp3) is 0.875. The number of amides is 1. The summed E-state index contributed by atoms with van der Waals surface area (Å²) in [6.45, 7) is 4.19. The molecule has 0 aromatic carbocycles. The van der Waals surface area contributed by atoms with Crippen molar-refractivity contribution in [1.29, 1.82) is 0 Å². The minimum absolute atomic E-state index is 0.0489. The molecule has 0 saturated carbocycles. The molecule has 1 aliphatic rings. The topological polar surface area (TPSA) is 32.3 Å². The lowest BCUT2D eigenvalue weighted by atomic mass is 10.2. The smallest absolute Gasteiger partial charge is 0.234 e. The third-order valence-corrected chi connectivity index (χ3v) is 1.96. The number of nitrogens with one attached hydrogen (secondary N) is 1. The zero-order valence-electron chi connectivity index (χ0n) is 7.35. The Labute approximate surface area is 71.9 Å². The van der Waals surface area contributed by atoms with Crippen LogP contribution in [0.25, 0.3) is 0 Å². The summed E-state index contributed by atoms with van der Waals surface area (Å²) in [5, 5.41) is 2.73. The fourth-order valence-corrected chi connectivity index (χ4v) is 1.24. The van der Waals surface area contributed by atoms with Gasteiger partial charge in [-0.15, -0.1) is 0 Å². The van der Waals surface area contributed by atoms with Crippen LogP contribution >= 0.6 is 0 Å². The monoisotopic (exact) mass is 174 g/mol. The van der Waals surface area contributed by atoms with Crippen molar-refractivity contribution in [2.45, 2.75) is 19.5 Å². The maximum Gasteiger partial charge on any atom is 0.234 e. The van der Waals surface area contributed by atoms with Crippen LogP contribution < -0.4 is 5.32 Å². The van der Waals surface area contributed by atoms with E-state index >= 15 is 0 Å². The van der Waals surface area contributed by atoms with Crippen LogP contribution in [0.5, 0.6) is 0 Å². The van der Waals surface area contributed by atoms with E-state index in [2.05, 4.69) is 5.32 Å². The van der Waals surface area contributed by atoms with Gasteiger partial charge in [-0.25, -0.2) is 4.39 Å². The van der Waals surface area contributed by atoms with Gasteiger partial charge in [0.1, 0.15) is 0 Å². The molecule has 0 radical (unpaired) electrons.